The van der Waals surface area contributed by atoms with Gasteiger partial charge in [0.1, 0.15) is 17.3 Å². The van der Waals surface area contributed by atoms with Crippen molar-refractivity contribution in [3.05, 3.63) is 23.8 Å². The molecule has 0 unspecified atom stereocenters. The maximum atomic E-state index is 5.85. The van der Waals surface area contributed by atoms with Gasteiger partial charge in [0.05, 0.1) is 19.9 Å². The van der Waals surface area contributed by atoms with Crippen LogP contribution in [-0.4, -0.2) is 24.0 Å². The van der Waals surface area contributed by atoms with Crippen LogP contribution in [0.1, 0.15) is 25.3 Å². The van der Waals surface area contributed by atoms with Gasteiger partial charge in [0, 0.05) is 24.2 Å². The SMILES string of the molecule is COc1cc(C(C)C)c(OC)cc1-c1cc(N)n(C)n1. The largest absolute Gasteiger partial charge is 0.496 e. The van der Waals surface area contributed by atoms with E-state index in [2.05, 4.69) is 18.9 Å². The molecule has 1 heterocycles. The average molecular weight is 275 g/mol. The first-order chi connectivity index (χ1) is 9.47. The molecule has 1 aromatic carbocycles. The van der Waals surface area contributed by atoms with Gasteiger partial charge in [-0.3, -0.25) is 4.68 Å². The Morgan fingerprint density at radius 2 is 1.75 bits per heavy atom. The molecule has 108 valence electrons. The number of aryl methyl sites for hydroxylation is 1. The lowest BCUT2D eigenvalue weighted by Gasteiger charge is -2.16. The van der Waals surface area contributed by atoms with Crippen molar-refractivity contribution in [2.75, 3.05) is 20.0 Å². The number of benzene rings is 1. The van der Waals surface area contributed by atoms with Gasteiger partial charge in [0.25, 0.3) is 0 Å². The van der Waals surface area contributed by atoms with Gasteiger partial charge in [-0.05, 0) is 18.1 Å². The van der Waals surface area contributed by atoms with Crippen molar-refractivity contribution in [3.63, 3.8) is 0 Å². The van der Waals surface area contributed by atoms with Gasteiger partial charge in [-0.1, -0.05) is 13.8 Å². The highest BCUT2D eigenvalue weighted by Gasteiger charge is 2.17. The van der Waals surface area contributed by atoms with E-state index in [0.717, 1.165) is 28.3 Å². The summed E-state index contributed by atoms with van der Waals surface area (Å²) in [5.41, 5.74) is 8.60. The fourth-order valence-electron chi connectivity index (χ4n) is 2.19. The summed E-state index contributed by atoms with van der Waals surface area (Å²) in [7, 11) is 5.14. The molecule has 0 amide bonds. The molecule has 1 aromatic heterocycles. The number of nitrogens with zero attached hydrogens (tertiary/aromatic N) is 2. The van der Waals surface area contributed by atoms with E-state index in [9.17, 15) is 0 Å². The molecule has 0 aliphatic carbocycles. The van der Waals surface area contributed by atoms with Crippen LogP contribution >= 0.6 is 0 Å². The van der Waals surface area contributed by atoms with E-state index in [0.29, 0.717) is 11.7 Å². The van der Waals surface area contributed by atoms with Gasteiger partial charge in [-0.25, -0.2) is 0 Å². The molecular formula is C15H21N3O2. The Hall–Kier alpha value is -2.17. The standard InChI is InChI=1S/C15H21N3O2/c1-9(2)10-6-14(20-5)11(7-13(10)19-4)12-8-15(16)18(3)17-12/h6-9H,16H2,1-5H3. The van der Waals surface area contributed by atoms with Crippen LogP contribution in [0.25, 0.3) is 11.3 Å². The maximum Gasteiger partial charge on any atom is 0.128 e. The Labute approximate surface area is 119 Å². The van der Waals surface area contributed by atoms with Crippen LogP contribution in [0.2, 0.25) is 0 Å². The zero-order valence-corrected chi connectivity index (χ0v) is 12.6. The predicted molar refractivity (Wildman–Crippen MR) is 80.2 cm³/mol. The second-order valence-corrected chi connectivity index (χ2v) is 5.03. The molecule has 0 fully saturated rings. The summed E-state index contributed by atoms with van der Waals surface area (Å²) in [6.45, 7) is 4.24. The summed E-state index contributed by atoms with van der Waals surface area (Å²) in [4.78, 5) is 0. The molecule has 0 atom stereocenters. The van der Waals surface area contributed by atoms with E-state index in [-0.39, 0.29) is 0 Å². The smallest absolute Gasteiger partial charge is 0.128 e. The quantitative estimate of drug-likeness (QED) is 0.932. The first kappa shape index (κ1) is 14.2. The fourth-order valence-corrected chi connectivity index (χ4v) is 2.19. The summed E-state index contributed by atoms with van der Waals surface area (Å²) in [5, 5.41) is 4.40. The third kappa shape index (κ3) is 2.43. The third-order valence-corrected chi connectivity index (χ3v) is 3.37. The van der Waals surface area contributed by atoms with Crippen molar-refractivity contribution in [1.29, 1.82) is 0 Å². The molecule has 0 bridgehead atoms. The van der Waals surface area contributed by atoms with Gasteiger partial charge < -0.3 is 15.2 Å². The van der Waals surface area contributed by atoms with Crippen molar-refractivity contribution >= 4 is 5.82 Å². The molecule has 0 saturated carbocycles. The number of aromatic nitrogens is 2. The highest BCUT2D eigenvalue weighted by Crippen LogP contribution is 2.38. The maximum absolute atomic E-state index is 5.85. The molecule has 2 aromatic rings. The number of anilines is 1. The van der Waals surface area contributed by atoms with Crippen molar-refractivity contribution in [2.45, 2.75) is 19.8 Å². The summed E-state index contributed by atoms with van der Waals surface area (Å²) in [6.07, 6.45) is 0. The average Bonchev–Trinajstić information content (AvgIpc) is 2.76. The highest BCUT2D eigenvalue weighted by molar-refractivity contribution is 5.72. The highest BCUT2D eigenvalue weighted by atomic mass is 16.5. The number of ether oxygens (including phenoxy) is 2. The lowest BCUT2D eigenvalue weighted by atomic mass is 9.98. The van der Waals surface area contributed by atoms with E-state index in [4.69, 9.17) is 15.2 Å². The van der Waals surface area contributed by atoms with Gasteiger partial charge in [-0.2, -0.15) is 5.10 Å². The van der Waals surface area contributed by atoms with Gasteiger partial charge >= 0.3 is 0 Å². The Balaban J connectivity index is 2.63. The Morgan fingerprint density at radius 3 is 2.20 bits per heavy atom. The lowest BCUT2D eigenvalue weighted by Crippen LogP contribution is -1.99. The van der Waals surface area contributed by atoms with Crippen LogP contribution in [0.5, 0.6) is 11.5 Å². The summed E-state index contributed by atoms with van der Waals surface area (Å²) in [6, 6.07) is 5.78. The van der Waals surface area contributed by atoms with E-state index in [1.807, 2.05) is 25.2 Å². The molecule has 0 saturated heterocycles. The first-order valence-electron chi connectivity index (χ1n) is 6.53. The molecule has 5 heteroatoms. The zero-order valence-electron chi connectivity index (χ0n) is 12.6. The monoisotopic (exact) mass is 275 g/mol. The molecule has 2 rings (SSSR count). The number of hydrogen-bond acceptors (Lipinski definition) is 4. The van der Waals surface area contributed by atoms with Gasteiger partial charge in [0.15, 0.2) is 0 Å². The van der Waals surface area contributed by atoms with Gasteiger partial charge in [0.2, 0.25) is 0 Å². The van der Waals surface area contributed by atoms with Crippen molar-refractivity contribution < 1.29 is 9.47 Å². The number of rotatable bonds is 4. The summed E-state index contributed by atoms with van der Waals surface area (Å²) < 4.78 is 12.6. The summed E-state index contributed by atoms with van der Waals surface area (Å²) >= 11 is 0. The molecule has 0 spiro atoms. The molecule has 20 heavy (non-hydrogen) atoms. The van der Waals surface area contributed by atoms with Crippen molar-refractivity contribution in [2.24, 2.45) is 7.05 Å². The van der Waals surface area contributed by atoms with Gasteiger partial charge in [-0.15, -0.1) is 0 Å². The van der Waals surface area contributed by atoms with Crippen LogP contribution < -0.4 is 15.2 Å². The second-order valence-electron chi connectivity index (χ2n) is 5.03. The Kier molecular flexibility index (Phi) is 3.88. The molecule has 5 nitrogen and oxygen atoms in total. The Bertz CT molecular complexity index is 598. The first-order valence-corrected chi connectivity index (χ1v) is 6.53. The van der Waals surface area contributed by atoms with Crippen LogP contribution in [-0.2, 0) is 7.05 Å². The minimum atomic E-state index is 0.349. The van der Waals surface area contributed by atoms with Crippen LogP contribution in [0.3, 0.4) is 0 Å². The number of nitrogens with two attached hydrogens (primary N) is 1. The van der Waals surface area contributed by atoms with E-state index < -0.39 is 0 Å². The molecular weight excluding hydrogens is 254 g/mol. The lowest BCUT2D eigenvalue weighted by molar-refractivity contribution is 0.398. The van der Waals surface area contributed by atoms with E-state index in [1.54, 1.807) is 18.9 Å². The zero-order chi connectivity index (χ0) is 14.9. The third-order valence-electron chi connectivity index (χ3n) is 3.37. The van der Waals surface area contributed by atoms with E-state index in [1.165, 1.54) is 0 Å². The topological polar surface area (TPSA) is 62.3 Å². The minimum absolute atomic E-state index is 0.349. The van der Waals surface area contributed by atoms with Crippen LogP contribution in [0, 0.1) is 0 Å². The second kappa shape index (κ2) is 5.45. The number of nitrogen functional groups attached to an aromatic ring is 1. The fraction of sp³-hybridized carbons (Fsp3) is 0.400. The molecule has 2 N–H and O–H groups in total. The van der Waals surface area contributed by atoms with Crippen molar-refractivity contribution in [1.82, 2.24) is 9.78 Å². The predicted octanol–water partition coefficient (Wildman–Crippen LogP) is 2.81. The normalized spacial score (nSPS) is 10.9. The minimum Gasteiger partial charge on any atom is -0.496 e. The van der Waals surface area contributed by atoms with Crippen LogP contribution in [0.4, 0.5) is 5.82 Å². The molecule has 0 aliphatic heterocycles. The number of methoxy groups -OCH3 is 2. The Morgan fingerprint density at radius 1 is 1.10 bits per heavy atom. The van der Waals surface area contributed by atoms with E-state index >= 15 is 0 Å². The molecule has 0 aliphatic rings. The summed E-state index contributed by atoms with van der Waals surface area (Å²) in [5.74, 6) is 2.56. The van der Waals surface area contributed by atoms with Crippen molar-refractivity contribution in [3.8, 4) is 22.8 Å². The molecule has 0 radical (unpaired) electrons. The van der Waals surface area contributed by atoms with Crippen LogP contribution in [0.15, 0.2) is 18.2 Å². The number of hydrogen-bond donors (Lipinski definition) is 1.